The van der Waals surface area contributed by atoms with Crippen molar-refractivity contribution in [3.05, 3.63) is 229 Å². The zero-order chi connectivity index (χ0) is 77.7. The van der Waals surface area contributed by atoms with Gasteiger partial charge in [-0.1, -0.05) is 23.8 Å². The topological polar surface area (TPSA) is 261 Å². The van der Waals surface area contributed by atoms with E-state index in [9.17, 15) is 15.8 Å². The zero-order valence-electron chi connectivity index (χ0n) is 63.0. The molecule has 14 aromatic heterocycles. The van der Waals surface area contributed by atoms with E-state index in [-0.39, 0.29) is 0 Å². The molecule has 558 valence electrons. The molecule has 9 saturated heterocycles. The molecule has 114 heavy (non-hydrogen) atoms. The molecule has 14 aromatic rings. The van der Waals surface area contributed by atoms with Crippen LogP contribution in [-0.2, 0) is 27.6 Å². The van der Waals surface area contributed by atoms with Crippen molar-refractivity contribution >= 4 is 40.1 Å². The van der Waals surface area contributed by atoms with Gasteiger partial charge in [0.1, 0.15) is 35.7 Å². The maximum atomic E-state index is 9.72. The number of rotatable bonds is 16. The summed E-state index contributed by atoms with van der Waals surface area (Å²) in [7, 11) is 5.68. The van der Waals surface area contributed by atoms with Crippen LogP contribution in [0.2, 0.25) is 0 Å². The van der Waals surface area contributed by atoms with E-state index in [1.165, 1.54) is 19.3 Å². The van der Waals surface area contributed by atoms with Crippen molar-refractivity contribution in [1.29, 1.82) is 15.8 Å². The third-order valence-corrected chi connectivity index (χ3v) is 22.9. The maximum absolute atomic E-state index is 9.72. The molecule has 23 rings (SSSR count). The number of terminal acetylenes is 3. The van der Waals surface area contributed by atoms with E-state index in [4.69, 9.17) is 34.2 Å². The Labute approximate surface area is 658 Å². The second-order valence-electron chi connectivity index (χ2n) is 29.8. The lowest BCUT2D eigenvalue weighted by atomic mass is 9.87. The molecular weight excluding hydrogens is 1420 g/mol. The Morgan fingerprint density at radius 3 is 1.12 bits per heavy atom. The van der Waals surface area contributed by atoms with E-state index < -0.39 is 0 Å². The minimum atomic E-state index is 0.512. The molecule has 0 N–H and O–H groups in total. The van der Waals surface area contributed by atoms with Gasteiger partial charge in [-0.05, 0) is 104 Å². The van der Waals surface area contributed by atoms with Gasteiger partial charge in [0, 0.05) is 268 Å². The molecule has 0 aliphatic carbocycles. The molecule has 0 amide bonds. The minimum Gasteiger partial charge on any atom is -0.353 e. The summed E-state index contributed by atoms with van der Waals surface area (Å²) in [6.45, 7) is 8.38. The van der Waals surface area contributed by atoms with Crippen molar-refractivity contribution in [1.82, 2.24) is 97.8 Å². The second kappa shape index (κ2) is 30.1. The number of hydrogen-bond donors (Lipinski definition) is 0. The summed E-state index contributed by atoms with van der Waals surface area (Å²) in [5, 5.41) is 55.3. The number of hydrogen-bond acceptors (Lipinski definition) is 20. The van der Waals surface area contributed by atoms with Crippen molar-refractivity contribution < 1.29 is 0 Å². The van der Waals surface area contributed by atoms with Gasteiger partial charge in [-0.2, -0.15) is 46.4 Å². The summed E-state index contributed by atoms with van der Waals surface area (Å²) in [4.78, 5) is 38.1. The van der Waals surface area contributed by atoms with E-state index in [0.29, 0.717) is 52.9 Å². The summed E-state index contributed by atoms with van der Waals surface area (Å²) >= 11 is 0. The summed E-state index contributed by atoms with van der Waals surface area (Å²) in [5.74, 6) is 10.9. The summed E-state index contributed by atoms with van der Waals surface area (Å²) in [6, 6.07) is 36.6. The molecule has 26 nitrogen and oxygen atoms in total. The highest BCUT2D eigenvalue weighted by Gasteiger charge is 2.47. The van der Waals surface area contributed by atoms with E-state index >= 15 is 0 Å². The predicted octanol–water partition coefficient (Wildman–Crippen LogP) is 10.1. The quantitative estimate of drug-likeness (QED) is 0.0814. The molecule has 6 atom stereocenters. The Balaban J connectivity index is 0.000000120. The number of aryl methyl sites for hydroxylation is 3. The largest absolute Gasteiger partial charge is 0.353 e. The van der Waals surface area contributed by atoms with Gasteiger partial charge in [-0.3, -0.25) is 38.7 Å². The molecule has 6 unspecified atom stereocenters. The van der Waals surface area contributed by atoms with Gasteiger partial charge in [-0.15, -0.1) is 19.3 Å². The first-order valence-corrected chi connectivity index (χ1v) is 37.9. The maximum Gasteiger partial charge on any atom is 0.128 e. The van der Waals surface area contributed by atoms with Gasteiger partial charge in [0.25, 0.3) is 0 Å². The summed E-state index contributed by atoms with van der Waals surface area (Å²) < 4.78 is 10.6. The van der Waals surface area contributed by atoms with E-state index in [0.717, 1.165) is 189 Å². The Bertz CT molecular complexity index is 6240. The Kier molecular flexibility index (Phi) is 18.8. The van der Waals surface area contributed by atoms with Crippen LogP contribution in [0.1, 0.15) is 58.5 Å². The van der Waals surface area contributed by atoms with Gasteiger partial charge >= 0.3 is 0 Å². The SMILES string of the molecule is C#CCN1C2CC1CN(c1ccc(-c3cc(-c4cnn(C)c4)cn4ncc(C#N)c34)cn1)C2.C#Cc1ccc(/C=C/CN2C3CC2CN(c2ccc(-c4cc(-c5cnn(C)c5)cn5ncc(C#N)c45)cn2)C3)nc1.C#Cc1ccc(CCN2C3CC2CN(c2ccc(-c4cc(-c5cnn(C)c5)cn5ncc(C#N)c45)cn2)C3)nc1. The van der Waals surface area contributed by atoms with Gasteiger partial charge in [0.05, 0.1) is 82.7 Å². The Morgan fingerprint density at radius 2 is 0.789 bits per heavy atom. The van der Waals surface area contributed by atoms with Crippen LogP contribution >= 0.6 is 0 Å². The molecule has 9 fully saturated rings. The first kappa shape index (κ1) is 71.2. The monoisotopic (exact) mass is 1500 g/mol. The van der Waals surface area contributed by atoms with E-state index in [1.807, 2.05) is 120 Å². The number of aromatic nitrogens is 17. The summed E-state index contributed by atoms with van der Waals surface area (Å²) in [5.41, 5.74) is 19.1. The fourth-order valence-electron chi connectivity index (χ4n) is 17.1. The molecular formula is C88H76N26. The molecule has 26 heteroatoms. The van der Waals surface area contributed by atoms with Gasteiger partial charge < -0.3 is 14.7 Å². The normalized spacial score (nSPS) is 18.8. The van der Waals surface area contributed by atoms with E-state index in [1.54, 1.807) is 58.6 Å². The third kappa shape index (κ3) is 13.7. The molecule has 23 heterocycles. The number of nitrogens with zero attached hydrogens (tertiary/aromatic N) is 26. The molecule has 9 aliphatic heterocycles. The van der Waals surface area contributed by atoms with Crippen LogP contribution in [0.5, 0.6) is 0 Å². The fraction of sp³-hybridized carbons (Fsp3) is 0.250. The lowest BCUT2D eigenvalue weighted by molar-refractivity contribution is 0.000136. The van der Waals surface area contributed by atoms with Crippen molar-refractivity contribution in [3.63, 3.8) is 0 Å². The summed E-state index contributed by atoms with van der Waals surface area (Å²) in [6.07, 6.45) is 56.5. The Morgan fingerprint density at radius 1 is 0.395 bits per heavy atom. The van der Waals surface area contributed by atoms with Gasteiger partial charge in [0.2, 0.25) is 0 Å². The molecule has 9 aliphatic rings. The number of piperidine rings is 3. The predicted molar refractivity (Wildman–Crippen MR) is 435 cm³/mol. The Hall–Kier alpha value is -14.4. The fourth-order valence-corrected chi connectivity index (χ4v) is 17.1. The van der Waals surface area contributed by atoms with Crippen LogP contribution < -0.4 is 14.7 Å². The second-order valence-corrected chi connectivity index (χ2v) is 29.8. The minimum absolute atomic E-state index is 0.512. The van der Waals surface area contributed by atoms with Crippen LogP contribution in [0.4, 0.5) is 17.5 Å². The van der Waals surface area contributed by atoms with E-state index in [2.05, 4.69) is 173 Å². The van der Waals surface area contributed by atoms with Crippen LogP contribution in [0.25, 0.3) is 89.4 Å². The lowest BCUT2D eigenvalue weighted by Crippen LogP contribution is -2.69. The molecule has 0 spiro atoms. The van der Waals surface area contributed by atoms with Crippen LogP contribution in [-0.4, -0.2) is 193 Å². The third-order valence-electron chi connectivity index (χ3n) is 22.9. The molecule has 0 aromatic carbocycles. The number of pyridine rings is 8. The average Bonchev–Trinajstić information content (AvgIpc) is 1.58. The average molecular weight is 1500 g/mol. The van der Waals surface area contributed by atoms with Gasteiger partial charge in [-0.25, -0.2) is 28.5 Å². The standard InChI is InChI=1S/C32H27N9.C31H27N9.C25H22N8/c1-3-22-6-8-27(34-14-22)5-4-10-40-28-12-29(40)21-39(20-28)31-9-7-23(15-35-31)30-11-24(26-17-36-38(2)18-26)19-41-32(30)25(13-33)16-37-41;1-3-21-4-6-26(33-13-21)8-9-39-27-11-28(39)20-38(19-27)30-7-5-22(14-34-30)29-10-23(25-16-35-37(2)17-25)18-40-31(29)24(12-32)15-36-40;1-3-6-32-21-8-22(32)16-31(15-21)24-5-4-17(10-27-24)23-7-18(20-12-28-30(2)13-20)14-33-25(23)19(9-26)11-29-33/h1,4-9,11,14-19,28-29H,10,12,20-21H2,2H3;1,4-7,10,13-18,27-28H,8-9,11,19-20H2,2H3;1,4-5,7,10-14,21-22H,6,8,15-16H2,2H3/b5-4+;;. The molecule has 0 saturated carbocycles. The highest BCUT2D eigenvalue weighted by atomic mass is 15.4. The van der Waals surface area contributed by atoms with Crippen LogP contribution in [0.3, 0.4) is 0 Å². The molecule has 6 bridgehead atoms. The number of nitriles is 3. The van der Waals surface area contributed by atoms with Crippen LogP contribution in [0, 0.1) is 71.0 Å². The van der Waals surface area contributed by atoms with Crippen molar-refractivity contribution in [2.24, 2.45) is 21.1 Å². The van der Waals surface area contributed by atoms with Crippen molar-refractivity contribution in [2.75, 3.05) is 73.6 Å². The first-order valence-electron chi connectivity index (χ1n) is 37.9. The number of piperazine rings is 3. The zero-order valence-corrected chi connectivity index (χ0v) is 63.0. The lowest BCUT2D eigenvalue weighted by Gasteiger charge is -2.56. The highest BCUT2D eigenvalue weighted by Crippen LogP contribution is 2.41. The van der Waals surface area contributed by atoms with Crippen molar-refractivity contribution in [3.8, 4) is 122 Å². The first-order chi connectivity index (χ1) is 55.8. The molecule has 0 radical (unpaired) electrons. The number of fused-ring (bicyclic) bond motifs is 9. The highest BCUT2D eigenvalue weighted by molar-refractivity contribution is 5.90. The van der Waals surface area contributed by atoms with Gasteiger partial charge in [0.15, 0.2) is 0 Å². The van der Waals surface area contributed by atoms with Crippen LogP contribution in [0.15, 0.2) is 190 Å². The van der Waals surface area contributed by atoms with Crippen molar-refractivity contribution in [2.45, 2.75) is 61.9 Å². The number of anilines is 3. The smallest absolute Gasteiger partial charge is 0.128 e.